The molecule has 1 fully saturated rings. The molecule has 0 saturated carbocycles. The van der Waals surface area contributed by atoms with Crippen LogP contribution in [0, 0.1) is 11.8 Å². The summed E-state index contributed by atoms with van der Waals surface area (Å²) in [4.78, 5) is 36.1. The molecule has 0 aliphatic carbocycles. The molecule has 1 rings (SSSR count). The van der Waals surface area contributed by atoms with Crippen LogP contribution in [0.2, 0.25) is 0 Å². The van der Waals surface area contributed by atoms with Gasteiger partial charge in [-0.3, -0.25) is 9.59 Å². The van der Waals surface area contributed by atoms with E-state index in [4.69, 9.17) is 9.47 Å². The first-order valence-corrected chi connectivity index (χ1v) is 15.5. The summed E-state index contributed by atoms with van der Waals surface area (Å²) in [5.74, 6) is -0.300. The Labute approximate surface area is 227 Å². The predicted molar refractivity (Wildman–Crippen MR) is 150 cm³/mol. The molecule has 0 aromatic rings. The SMILES string of the molecule is CCCCCCCCCCCCCC(C[C@@H]1OC(=O)[C@H]1CCCCCC)OC(=O)C(CC(C)C)NC=O. The lowest BCUT2D eigenvalue weighted by Crippen LogP contribution is -2.48. The third-order valence-corrected chi connectivity index (χ3v) is 7.56. The highest BCUT2D eigenvalue weighted by Crippen LogP contribution is 2.32. The summed E-state index contributed by atoms with van der Waals surface area (Å²) < 4.78 is 11.4. The van der Waals surface area contributed by atoms with Gasteiger partial charge in [-0.25, -0.2) is 4.79 Å². The standard InChI is InChI=1S/C31H57NO5/c1-5-7-9-11-12-13-14-15-16-17-18-20-26(36-31(35)28(32-24-33)22-25(3)4)23-29-27(30(34)37-29)21-19-10-8-6-2/h24-29H,5-23H2,1-4H3,(H,32,33)/t26?,27-,28?,29-/m0/s1. The number of nitrogens with one attached hydrogen (secondary N) is 1. The second kappa shape index (κ2) is 21.4. The van der Waals surface area contributed by atoms with E-state index >= 15 is 0 Å². The van der Waals surface area contributed by atoms with Gasteiger partial charge in [0.2, 0.25) is 6.41 Å². The monoisotopic (exact) mass is 523 g/mol. The maximum Gasteiger partial charge on any atom is 0.328 e. The number of rotatable bonds is 25. The molecule has 2 unspecified atom stereocenters. The minimum Gasteiger partial charge on any atom is -0.461 e. The Kier molecular flexibility index (Phi) is 19.3. The molecule has 0 bridgehead atoms. The number of hydrogen-bond acceptors (Lipinski definition) is 5. The summed E-state index contributed by atoms with van der Waals surface area (Å²) >= 11 is 0. The van der Waals surface area contributed by atoms with Crippen LogP contribution in [0.4, 0.5) is 0 Å². The van der Waals surface area contributed by atoms with Crippen LogP contribution in [-0.2, 0) is 23.9 Å². The van der Waals surface area contributed by atoms with Gasteiger partial charge >= 0.3 is 11.9 Å². The van der Waals surface area contributed by atoms with Crippen molar-refractivity contribution >= 4 is 18.3 Å². The fraction of sp³-hybridized carbons (Fsp3) is 0.903. The van der Waals surface area contributed by atoms with Crippen molar-refractivity contribution in [3.63, 3.8) is 0 Å². The van der Waals surface area contributed by atoms with E-state index in [1.807, 2.05) is 13.8 Å². The molecule has 4 atom stereocenters. The Balaban J connectivity index is 2.52. The number of unbranched alkanes of at least 4 members (excludes halogenated alkanes) is 13. The van der Waals surface area contributed by atoms with Crippen molar-refractivity contribution < 1.29 is 23.9 Å². The van der Waals surface area contributed by atoms with Crippen LogP contribution in [0.3, 0.4) is 0 Å². The third kappa shape index (κ3) is 15.4. The maximum atomic E-state index is 12.9. The van der Waals surface area contributed by atoms with Gasteiger partial charge in [-0.15, -0.1) is 0 Å². The molecular weight excluding hydrogens is 466 g/mol. The molecule has 0 radical (unpaired) electrons. The first kappa shape index (κ1) is 33.4. The zero-order valence-electron chi connectivity index (χ0n) is 24.4. The number of carbonyl (C=O) groups excluding carboxylic acids is 3. The number of amides is 1. The summed E-state index contributed by atoms with van der Waals surface area (Å²) in [5.41, 5.74) is 0. The quantitative estimate of drug-likeness (QED) is 0.0754. The Morgan fingerprint density at radius 1 is 0.892 bits per heavy atom. The summed E-state index contributed by atoms with van der Waals surface area (Å²) in [6, 6.07) is -0.633. The molecule has 1 aliphatic rings. The molecule has 1 saturated heterocycles. The Hall–Kier alpha value is -1.59. The van der Waals surface area contributed by atoms with Crippen LogP contribution >= 0.6 is 0 Å². The molecule has 1 aliphatic heterocycles. The van der Waals surface area contributed by atoms with Crippen molar-refractivity contribution in [3.8, 4) is 0 Å². The zero-order valence-corrected chi connectivity index (χ0v) is 24.4. The molecule has 6 heteroatoms. The van der Waals surface area contributed by atoms with Gasteiger partial charge in [0.1, 0.15) is 18.2 Å². The van der Waals surface area contributed by atoms with E-state index in [2.05, 4.69) is 19.2 Å². The van der Waals surface area contributed by atoms with Gasteiger partial charge in [0.05, 0.1) is 5.92 Å². The number of esters is 2. The van der Waals surface area contributed by atoms with Gasteiger partial charge in [0, 0.05) is 6.42 Å². The highest BCUT2D eigenvalue weighted by Gasteiger charge is 2.43. The van der Waals surface area contributed by atoms with E-state index in [0.29, 0.717) is 19.3 Å². The van der Waals surface area contributed by atoms with Crippen LogP contribution < -0.4 is 5.32 Å². The second-order valence-electron chi connectivity index (χ2n) is 11.5. The molecule has 0 spiro atoms. The highest BCUT2D eigenvalue weighted by atomic mass is 16.6. The normalized spacial score (nSPS) is 18.7. The predicted octanol–water partition coefficient (Wildman–Crippen LogP) is 7.66. The number of cyclic esters (lactones) is 1. The van der Waals surface area contributed by atoms with Crippen LogP contribution in [0.1, 0.15) is 150 Å². The van der Waals surface area contributed by atoms with Crippen molar-refractivity contribution in [1.82, 2.24) is 5.32 Å². The van der Waals surface area contributed by atoms with Gasteiger partial charge in [-0.05, 0) is 31.6 Å². The number of carbonyl (C=O) groups is 3. The smallest absolute Gasteiger partial charge is 0.328 e. The Morgan fingerprint density at radius 2 is 1.43 bits per heavy atom. The van der Waals surface area contributed by atoms with Crippen molar-refractivity contribution in [2.75, 3.05) is 0 Å². The number of hydrogen-bond donors (Lipinski definition) is 1. The van der Waals surface area contributed by atoms with Crippen LogP contribution in [-0.4, -0.2) is 36.6 Å². The van der Waals surface area contributed by atoms with Crippen molar-refractivity contribution in [1.29, 1.82) is 0 Å². The minimum absolute atomic E-state index is 0.0741. The lowest BCUT2D eigenvalue weighted by molar-refractivity contribution is -0.190. The van der Waals surface area contributed by atoms with E-state index in [-0.39, 0.29) is 36.0 Å². The Morgan fingerprint density at radius 3 is 1.95 bits per heavy atom. The fourth-order valence-corrected chi connectivity index (χ4v) is 5.26. The van der Waals surface area contributed by atoms with E-state index < -0.39 is 6.04 Å². The lowest BCUT2D eigenvalue weighted by Gasteiger charge is -2.37. The van der Waals surface area contributed by atoms with Crippen LogP contribution in [0.15, 0.2) is 0 Å². The molecule has 1 heterocycles. The van der Waals surface area contributed by atoms with Crippen LogP contribution in [0.25, 0.3) is 0 Å². The third-order valence-electron chi connectivity index (χ3n) is 7.56. The summed E-state index contributed by atoms with van der Waals surface area (Å²) in [6.45, 7) is 8.47. The summed E-state index contributed by atoms with van der Waals surface area (Å²) in [6.07, 6.45) is 21.3. The average molecular weight is 524 g/mol. The molecular formula is C31H57NO5. The molecule has 6 nitrogen and oxygen atoms in total. The molecule has 216 valence electrons. The van der Waals surface area contributed by atoms with Crippen molar-refractivity contribution in [2.45, 2.75) is 168 Å². The maximum absolute atomic E-state index is 12.9. The minimum atomic E-state index is -0.633. The largest absolute Gasteiger partial charge is 0.461 e. The molecule has 0 aromatic carbocycles. The molecule has 0 aromatic heterocycles. The second-order valence-corrected chi connectivity index (χ2v) is 11.5. The van der Waals surface area contributed by atoms with E-state index in [9.17, 15) is 14.4 Å². The van der Waals surface area contributed by atoms with Gasteiger partial charge in [-0.2, -0.15) is 0 Å². The highest BCUT2D eigenvalue weighted by molar-refractivity contribution is 5.79. The molecule has 37 heavy (non-hydrogen) atoms. The molecule has 1 amide bonds. The van der Waals surface area contributed by atoms with Gasteiger partial charge in [0.15, 0.2) is 0 Å². The van der Waals surface area contributed by atoms with Crippen LogP contribution in [0.5, 0.6) is 0 Å². The van der Waals surface area contributed by atoms with Crippen molar-refractivity contribution in [2.24, 2.45) is 11.8 Å². The summed E-state index contributed by atoms with van der Waals surface area (Å²) in [7, 11) is 0. The lowest BCUT2D eigenvalue weighted by atomic mass is 9.86. The Bertz CT molecular complexity index is 608. The first-order chi connectivity index (χ1) is 17.9. The average Bonchev–Trinajstić information content (AvgIpc) is 2.86. The van der Waals surface area contributed by atoms with Crippen molar-refractivity contribution in [3.05, 3.63) is 0 Å². The molecule has 1 N–H and O–H groups in total. The van der Waals surface area contributed by atoms with E-state index in [1.165, 1.54) is 70.6 Å². The fourth-order valence-electron chi connectivity index (χ4n) is 5.26. The zero-order chi connectivity index (χ0) is 27.3. The van der Waals surface area contributed by atoms with Gasteiger partial charge in [0.25, 0.3) is 0 Å². The van der Waals surface area contributed by atoms with E-state index in [0.717, 1.165) is 38.5 Å². The topological polar surface area (TPSA) is 81.7 Å². The first-order valence-electron chi connectivity index (χ1n) is 15.5. The number of ether oxygens (including phenoxy) is 2. The summed E-state index contributed by atoms with van der Waals surface area (Å²) in [5, 5.41) is 2.63. The van der Waals surface area contributed by atoms with E-state index in [1.54, 1.807) is 0 Å². The van der Waals surface area contributed by atoms with Gasteiger partial charge in [-0.1, -0.05) is 118 Å². The van der Waals surface area contributed by atoms with Gasteiger partial charge < -0.3 is 14.8 Å².